The van der Waals surface area contributed by atoms with Crippen molar-refractivity contribution in [1.82, 2.24) is 0 Å². The molecule has 0 heterocycles. The summed E-state index contributed by atoms with van der Waals surface area (Å²) in [6, 6.07) is 36.9. The summed E-state index contributed by atoms with van der Waals surface area (Å²) < 4.78 is 0. The van der Waals surface area contributed by atoms with Crippen LogP contribution in [0.15, 0.2) is 109 Å². The lowest BCUT2D eigenvalue weighted by molar-refractivity contribution is -0.139. The van der Waals surface area contributed by atoms with Crippen LogP contribution in [0.1, 0.15) is 35.8 Å². The van der Waals surface area contributed by atoms with E-state index < -0.39 is 11.9 Å². The van der Waals surface area contributed by atoms with Gasteiger partial charge in [-0.05, 0) is 58.1 Å². The van der Waals surface area contributed by atoms with Gasteiger partial charge in [-0.1, -0.05) is 109 Å². The van der Waals surface area contributed by atoms with Gasteiger partial charge in [0.05, 0.1) is 11.8 Å². The number of carbonyl (C=O) groups is 2. The predicted octanol–water partition coefficient (Wildman–Crippen LogP) is 7.08. The minimum Gasteiger partial charge on any atom is -0.481 e. The van der Waals surface area contributed by atoms with E-state index in [1.54, 1.807) is 0 Å². The Balaban J connectivity index is 0.000000148. The first-order chi connectivity index (χ1) is 17.5. The maximum Gasteiger partial charge on any atom is 0.307 e. The molecule has 180 valence electrons. The average molecular weight is 477 g/mol. The zero-order valence-corrected chi connectivity index (χ0v) is 19.8. The van der Waals surface area contributed by atoms with Crippen LogP contribution in [-0.2, 0) is 9.59 Å². The third kappa shape index (κ3) is 5.38. The lowest BCUT2D eigenvalue weighted by Crippen LogP contribution is -1.98. The number of carboxylic acid groups (broad SMARTS) is 2. The molecule has 4 unspecified atom stereocenters. The zero-order valence-electron chi connectivity index (χ0n) is 19.8. The van der Waals surface area contributed by atoms with Gasteiger partial charge in [-0.2, -0.15) is 0 Å². The number of carboxylic acids is 2. The summed E-state index contributed by atoms with van der Waals surface area (Å²) in [6.07, 6.45) is 1.56. The lowest BCUT2D eigenvalue weighted by atomic mass is 10.0. The molecule has 36 heavy (non-hydrogen) atoms. The Bertz CT molecular complexity index is 1220. The third-order valence-electron chi connectivity index (χ3n) is 7.11. The molecule has 4 nitrogen and oxygen atoms in total. The Kier molecular flexibility index (Phi) is 6.68. The summed E-state index contributed by atoms with van der Waals surface area (Å²) >= 11 is 0. The lowest BCUT2D eigenvalue weighted by Gasteiger charge is -2.03. The van der Waals surface area contributed by atoms with Gasteiger partial charge in [0, 0.05) is 0 Å². The molecule has 0 radical (unpaired) electrons. The summed E-state index contributed by atoms with van der Waals surface area (Å²) in [5.41, 5.74) is 7.01. The number of aliphatic carboxylic acids is 2. The van der Waals surface area contributed by atoms with Crippen LogP contribution in [0.3, 0.4) is 0 Å². The molecule has 4 heteroatoms. The highest BCUT2D eigenvalue weighted by molar-refractivity contribution is 5.76. The van der Waals surface area contributed by atoms with Gasteiger partial charge in [0.1, 0.15) is 0 Å². The quantitative estimate of drug-likeness (QED) is 0.312. The minimum absolute atomic E-state index is 0.174. The average Bonchev–Trinajstić information content (AvgIpc) is 3.84. The molecule has 0 aliphatic heterocycles. The molecule has 0 aromatic heterocycles. The fraction of sp³-hybridized carbons (Fsp3) is 0.188. The second-order valence-corrected chi connectivity index (χ2v) is 9.55. The topological polar surface area (TPSA) is 74.6 Å². The first-order valence-electron chi connectivity index (χ1n) is 12.3. The van der Waals surface area contributed by atoms with E-state index in [1.165, 1.54) is 22.3 Å². The van der Waals surface area contributed by atoms with Crippen molar-refractivity contribution in [3.63, 3.8) is 0 Å². The molecule has 0 saturated heterocycles. The maximum atomic E-state index is 10.8. The van der Waals surface area contributed by atoms with E-state index in [0.717, 1.165) is 24.0 Å². The molecular weight excluding hydrogens is 448 g/mol. The van der Waals surface area contributed by atoms with Gasteiger partial charge in [0.25, 0.3) is 0 Å². The van der Waals surface area contributed by atoms with Gasteiger partial charge in [-0.25, -0.2) is 0 Å². The molecule has 2 N–H and O–H groups in total. The monoisotopic (exact) mass is 476 g/mol. The van der Waals surface area contributed by atoms with Crippen LogP contribution >= 0.6 is 0 Å². The molecule has 4 atom stereocenters. The molecule has 0 amide bonds. The molecule has 4 aromatic carbocycles. The van der Waals surface area contributed by atoms with Crippen LogP contribution in [0.5, 0.6) is 0 Å². The Hall–Kier alpha value is -4.18. The molecule has 0 spiro atoms. The summed E-state index contributed by atoms with van der Waals surface area (Å²) in [5.74, 6) is -1.26. The number of hydrogen-bond acceptors (Lipinski definition) is 2. The van der Waals surface area contributed by atoms with E-state index in [-0.39, 0.29) is 23.7 Å². The predicted molar refractivity (Wildman–Crippen MR) is 141 cm³/mol. The van der Waals surface area contributed by atoms with Gasteiger partial charge in [-0.15, -0.1) is 0 Å². The van der Waals surface area contributed by atoms with Crippen molar-refractivity contribution in [2.75, 3.05) is 0 Å². The second kappa shape index (κ2) is 10.2. The van der Waals surface area contributed by atoms with Crippen molar-refractivity contribution >= 4 is 11.9 Å². The van der Waals surface area contributed by atoms with Gasteiger partial charge in [-0.3, -0.25) is 9.59 Å². The van der Waals surface area contributed by atoms with Crippen molar-refractivity contribution in [3.8, 4) is 22.3 Å². The molecule has 2 fully saturated rings. The Morgan fingerprint density at radius 2 is 0.778 bits per heavy atom. The summed E-state index contributed by atoms with van der Waals surface area (Å²) in [7, 11) is 0. The highest BCUT2D eigenvalue weighted by Gasteiger charge is 2.44. The van der Waals surface area contributed by atoms with Crippen molar-refractivity contribution in [3.05, 3.63) is 120 Å². The van der Waals surface area contributed by atoms with E-state index in [2.05, 4.69) is 72.8 Å². The largest absolute Gasteiger partial charge is 0.481 e. The fourth-order valence-electron chi connectivity index (χ4n) is 4.78. The maximum absolute atomic E-state index is 10.8. The zero-order chi connectivity index (χ0) is 25.1. The molecule has 4 aromatic rings. The van der Waals surface area contributed by atoms with Crippen molar-refractivity contribution in [2.45, 2.75) is 24.7 Å². The highest BCUT2D eigenvalue weighted by Crippen LogP contribution is 2.48. The van der Waals surface area contributed by atoms with E-state index >= 15 is 0 Å². The van der Waals surface area contributed by atoms with Gasteiger partial charge < -0.3 is 10.2 Å². The van der Waals surface area contributed by atoms with Crippen LogP contribution in [0.4, 0.5) is 0 Å². The molecule has 2 saturated carbocycles. The SMILES string of the molecule is O=C(O)C1CC1c1ccc(-c2ccccc2)cc1.O=C(O)C1CC1c1ccc(-c2ccccc2)cc1. The van der Waals surface area contributed by atoms with Crippen LogP contribution in [-0.4, -0.2) is 22.2 Å². The minimum atomic E-state index is -0.674. The van der Waals surface area contributed by atoms with Gasteiger partial charge in [0.2, 0.25) is 0 Å². The van der Waals surface area contributed by atoms with E-state index in [1.807, 2.05) is 36.4 Å². The van der Waals surface area contributed by atoms with Crippen molar-refractivity contribution in [2.24, 2.45) is 11.8 Å². The smallest absolute Gasteiger partial charge is 0.307 e. The molecular formula is C32H28O4. The van der Waals surface area contributed by atoms with E-state index in [4.69, 9.17) is 10.2 Å². The van der Waals surface area contributed by atoms with Crippen LogP contribution in [0.2, 0.25) is 0 Å². The number of benzene rings is 4. The Labute approximate surface area is 210 Å². The Morgan fingerprint density at radius 1 is 0.472 bits per heavy atom. The summed E-state index contributed by atoms with van der Waals surface area (Å²) in [4.78, 5) is 21.7. The number of rotatable bonds is 6. The molecule has 2 aliphatic rings. The molecule has 6 rings (SSSR count). The van der Waals surface area contributed by atoms with Gasteiger partial charge in [0.15, 0.2) is 0 Å². The first-order valence-corrected chi connectivity index (χ1v) is 12.3. The summed E-state index contributed by atoms with van der Waals surface area (Å²) in [6.45, 7) is 0. The van der Waals surface area contributed by atoms with Crippen molar-refractivity contribution < 1.29 is 19.8 Å². The molecule has 2 aliphatic carbocycles. The van der Waals surface area contributed by atoms with Crippen molar-refractivity contribution in [1.29, 1.82) is 0 Å². The highest BCUT2D eigenvalue weighted by atomic mass is 16.4. The fourth-order valence-corrected chi connectivity index (χ4v) is 4.78. The van der Waals surface area contributed by atoms with E-state index in [9.17, 15) is 9.59 Å². The standard InChI is InChI=1S/2C16H14O2/c2*17-16(18)15-10-14(15)13-8-6-12(7-9-13)11-4-2-1-3-5-11/h2*1-9,14-15H,10H2,(H,17,18). The van der Waals surface area contributed by atoms with Crippen LogP contribution in [0.25, 0.3) is 22.3 Å². The number of hydrogen-bond donors (Lipinski definition) is 2. The second-order valence-electron chi connectivity index (χ2n) is 9.55. The van der Waals surface area contributed by atoms with E-state index in [0.29, 0.717) is 0 Å². The first kappa shape index (κ1) is 23.6. The van der Waals surface area contributed by atoms with Crippen LogP contribution < -0.4 is 0 Å². The molecule has 0 bridgehead atoms. The third-order valence-corrected chi connectivity index (χ3v) is 7.11. The van der Waals surface area contributed by atoms with Gasteiger partial charge >= 0.3 is 11.9 Å². The summed E-state index contributed by atoms with van der Waals surface area (Å²) in [5, 5.41) is 17.8. The van der Waals surface area contributed by atoms with Crippen LogP contribution in [0, 0.1) is 11.8 Å². The Morgan fingerprint density at radius 3 is 1.06 bits per heavy atom. The normalized spacial score (nSPS) is 21.6.